The van der Waals surface area contributed by atoms with Crippen molar-refractivity contribution in [1.29, 1.82) is 0 Å². The highest BCUT2D eigenvalue weighted by Crippen LogP contribution is 2.42. The number of hydrogen-bond acceptors (Lipinski definition) is 5. The van der Waals surface area contributed by atoms with Gasteiger partial charge in [0.25, 0.3) is 0 Å². The van der Waals surface area contributed by atoms with Crippen LogP contribution in [0.15, 0.2) is 35.4 Å². The molecule has 142 valence electrons. The first kappa shape index (κ1) is 18.4. The number of pyridine rings is 1. The Balaban J connectivity index is 1.87. The van der Waals surface area contributed by atoms with Crippen LogP contribution in [0, 0.1) is 0 Å². The van der Waals surface area contributed by atoms with E-state index in [2.05, 4.69) is 9.97 Å². The number of hydrogen-bond donors (Lipinski definition) is 0. The number of fused-ring (bicyclic) bond motifs is 1. The van der Waals surface area contributed by atoms with Crippen LogP contribution >= 0.6 is 11.3 Å². The van der Waals surface area contributed by atoms with Crippen LogP contribution < -0.4 is 0 Å². The van der Waals surface area contributed by atoms with Crippen molar-refractivity contribution in [3.63, 3.8) is 0 Å². The second kappa shape index (κ2) is 6.27. The predicted molar refractivity (Wildman–Crippen MR) is 97.6 cm³/mol. The van der Waals surface area contributed by atoms with Crippen LogP contribution in [-0.4, -0.2) is 24.1 Å². The Kier molecular flexibility index (Phi) is 4.27. The third-order valence-electron chi connectivity index (χ3n) is 4.56. The zero-order valence-corrected chi connectivity index (χ0v) is 15.9. The van der Waals surface area contributed by atoms with Crippen LogP contribution in [0.1, 0.15) is 36.8 Å². The second-order valence-corrected chi connectivity index (χ2v) is 9.77. The molecule has 0 aliphatic heterocycles. The molecule has 0 unspecified atom stereocenters. The average molecular weight is 412 g/mol. The molecule has 1 fully saturated rings. The first-order valence-corrected chi connectivity index (χ1v) is 10.9. The van der Waals surface area contributed by atoms with Gasteiger partial charge in [-0.2, -0.15) is 13.2 Å². The lowest BCUT2D eigenvalue weighted by atomic mass is 10.2. The summed E-state index contributed by atoms with van der Waals surface area (Å²) in [5.41, 5.74) is 0.477. The highest BCUT2D eigenvalue weighted by Gasteiger charge is 2.31. The molecule has 27 heavy (non-hydrogen) atoms. The maximum absolute atomic E-state index is 12.9. The summed E-state index contributed by atoms with van der Waals surface area (Å²) in [6, 6.07) is 4.97. The Morgan fingerprint density at radius 3 is 2.59 bits per heavy atom. The lowest BCUT2D eigenvalue weighted by Gasteiger charge is -2.08. The molecule has 0 saturated heterocycles. The van der Waals surface area contributed by atoms with Gasteiger partial charge in [0.2, 0.25) is 0 Å². The summed E-state index contributed by atoms with van der Waals surface area (Å²) in [7, 11) is -3.55. The smallest absolute Gasteiger partial charge is 0.252 e. The van der Waals surface area contributed by atoms with E-state index in [0.29, 0.717) is 15.6 Å². The van der Waals surface area contributed by atoms with Crippen LogP contribution in [-0.2, 0) is 16.0 Å². The van der Waals surface area contributed by atoms with Crippen molar-refractivity contribution in [1.82, 2.24) is 9.97 Å². The van der Waals surface area contributed by atoms with Crippen LogP contribution in [0.5, 0.6) is 0 Å². The molecule has 2 aromatic heterocycles. The van der Waals surface area contributed by atoms with E-state index in [-0.39, 0.29) is 21.9 Å². The van der Waals surface area contributed by atoms with Gasteiger partial charge in [0.15, 0.2) is 9.84 Å². The molecule has 0 atom stereocenters. The summed E-state index contributed by atoms with van der Waals surface area (Å²) >= 11 is 1.13. The molecule has 4 nitrogen and oxygen atoms in total. The molecule has 2 heterocycles. The fourth-order valence-electron chi connectivity index (χ4n) is 2.86. The quantitative estimate of drug-likeness (QED) is 0.602. The molecule has 0 N–H and O–H groups in total. The highest BCUT2D eigenvalue weighted by atomic mass is 32.2. The van der Waals surface area contributed by atoms with Crippen molar-refractivity contribution in [2.24, 2.45) is 0 Å². The van der Waals surface area contributed by atoms with Gasteiger partial charge in [-0.1, -0.05) is 6.92 Å². The zero-order valence-electron chi connectivity index (χ0n) is 14.2. The normalized spacial score (nSPS) is 15.4. The van der Waals surface area contributed by atoms with E-state index in [4.69, 9.17) is 0 Å². The number of halogens is 3. The van der Waals surface area contributed by atoms with Gasteiger partial charge in [-0.3, -0.25) is 4.98 Å². The summed E-state index contributed by atoms with van der Waals surface area (Å²) in [6.07, 6.45) is -0.796. The maximum atomic E-state index is 12.9. The summed E-state index contributed by atoms with van der Waals surface area (Å²) in [4.78, 5) is 8.69. The van der Waals surface area contributed by atoms with Crippen molar-refractivity contribution in [2.45, 2.75) is 36.8 Å². The first-order valence-electron chi connectivity index (χ1n) is 8.40. The van der Waals surface area contributed by atoms with Crippen molar-refractivity contribution in [3.05, 3.63) is 41.6 Å². The van der Waals surface area contributed by atoms with Gasteiger partial charge in [0.1, 0.15) is 10.7 Å². The minimum absolute atomic E-state index is 0.0844. The Hall–Kier alpha value is -2.00. The van der Waals surface area contributed by atoms with Gasteiger partial charge >= 0.3 is 6.18 Å². The molecule has 9 heteroatoms. The minimum Gasteiger partial charge on any atom is -0.252 e. The van der Waals surface area contributed by atoms with Crippen LogP contribution in [0.4, 0.5) is 13.2 Å². The molecule has 1 aliphatic carbocycles. The van der Waals surface area contributed by atoms with Gasteiger partial charge in [-0.15, -0.1) is 11.3 Å². The molecule has 1 aliphatic rings. The lowest BCUT2D eigenvalue weighted by Crippen LogP contribution is -2.07. The molecular formula is C18H15F3N2O2S2. The van der Waals surface area contributed by atoms with E-state index in [0.717, 1.165) is 41.9 Å². The molecule has 3 aromatic rings. The Morgan fingerprint density at radius 1 is 1.22 bits per heavy atom. The van der Waals surface area contributed by atoms with Gasteiger partial charge < -0.3 is 0 Å². The Bertz CT molecular complexity index is 1130. The standard InChI is InChI=1S/C18H15F3N2O2S2/c1-2-27(24,25)15-7-11(10-3-4-10)9-22-16(15)17-23-13-8-12(18(19,20)21)5-6-14(13)26-17/h5-10H,2-4H2,1H3. The molecule has 0 amide bonds. The van der Waals surface area contributed by atoms with Crippen LogP contribution in [0.3, 0.4) is 0 Å². The summed E-state index contributed by atoms with van der Waals surface area (Å²) in [6.45, 7) is 1.55. The predicted octanol–water partition coefficient (Wildman–Crippen LogP) is 5.05. The van der Waals surface area contributed by atoms with Crippen LogP contribution in [0.25, 0.3) is 20.9 Å². The number of sulfone groups is 1. The number of thiazole rings is 1. The monoisotopic (exact) mass is 412 g/mol. The third-order valence-corrected chi connectivity index (χ3v) is 7.34. The fraction of sp³-hybridized carbons (Fsp3) is 0.333. The van der Waals surface area contributed by atoms with Gasteiger partial charge in [-0.25, -0.2) is 13.4 Å². The van der Waals surface area contributed by atoms with Crippen molar-refractivity contribution in [2.75, 3.05) is 5.75 Å². The fourth-order valence-corrected chi connectivity index (χ4v) is 4.95. The van der Waals surface area contributed by atoms with Crippen molar-refractivity contribution < 1.29 is 21.6 Å². The minimum atomic E-state index is -4.46. The molecule has 1 saturated carbocycles. The average Bonchev–Trinajstić information content (AvgIpc) is 3.38. The first-order chi connectivity index (χ1) is 12.7. The van der Waals surface area contributed by atoms with Crippen LogP contribution in [0.2, 0.25) is 0 Å². The van der Waals surface area contributed by atoms with E-state index >= 15 is 0 Å². The highest BCUT2D eigenvalue weighted by molar-refractivity contribution is 7.91. The number of alkyl halides is 3. The van der Waals surface area contributed by atoms with E-state index in [1.165, 1.54) is 6.07 Å². The van der Waals surface area contributed by atoms with Gasteiger partial charge in [-0.05, 0) is 48.6 Å². The Morgan fingerprint density at radius 2 is 1.96 bits per heavy atom. The number of aromatic nitrogens is 2. The molecular weight excluding hydrogens is 397 g/mol. The van der Waals surface area contributed by atoms with E-state index < -0.39 is 21.6 Å². The van der Waals surface area contributed by atoms with E-state index in [1.807, 2.05) is 0 Å². The molecule has 1 aromatic carbocycles. The topological polar surface area (TPSA) is 59.9 Å². The van der Waals surface area contributed by atoms with Gasteiger partial charge in [0.05, 0.1) is 26.4 Å². The maximum Gasteiger partial charge on any atom is 0.416 e. The number of benzene rings is 1. The van der Waals surface area contributed by atoms with Crippen molar-refractivity contribution in [3.8, 4) is 10.7 Å². The third kappa shape index (κ3) is 3.45. The molecule has 0 spiro atoms. The summed E-state index contributed by atoms with van der Waals surface area (Å²) in [5, 5.41) is 0.304. The number of rotatable bonds is 4. The van der Waals surface area contributed by atoms with Crippen molar-refractivity contribution >= 4 is 31.4 Å². The lowest BCUT2D eigenvalue weighted by molar-refractivity contribution is -0.137. The largest absolute Gasteiger partial charge is 0.416 e. The van der Waals surface area contributed by atoms with E-state index in [9.17, 15) is 21.6 Å². The molecule has 0 radical (unpaired) electrons. The van der Waals surface area contributed by atoms with E-state index in [1.54, 1.807) is 19.2 Å². The summed E-state index contributed by atoms with van der Waals surface area (Å²) in [5.74, 6) is 0.251. The second-order valence-electron chi connectivity index (χ2n) is 6.49. The Labute approximate surface area is 158 Å². The summed E-state index contributed by atoms with van der Waals surface area (Å²) < 4.78 is 64.5. The van der Waals surface area contributed by atoms with Gasteiger partial charge in [0, 0.05) is 6.20 Å². The molecule has 0 bridgehead atoms. The number of nitrogens with zero attached hydrogens (tertiary/aromatic N) is 2. The SMILES string of the molecule is CCS(=O)(=O)c1cc(C2CC2)cnc1-c1nc2cc(C(F)(F)F)ccc2s1. The molecule has 4 rings (SSSR count). The zero-order chi connectivity index (χ0) is 19.4.